The summed E-state index contributed by atoms with van der Waals surface area (Å²) in [7, 11) is 0. The second-order valence-corrected chi connectivity index (χ2v) is 5.97. The molecule has 6 nitrogen and oxygen atoms in total. The number of rotatable bonds is 7. The largest absolute Gasteiger partial charge is 0.494 e. The van der Waals surface area contributed by atoms with Gasteiger partial charge in [0.2, 0.25) is 0 Å². The van der Waals surface area contributed by atoms with Crippen molar-refractivity contribution in [3.63, 3.8) is 0 Å². The molecule has 2 heterocycles. The maximum atomic E-state index is 10.8. The van der Waals surface area contributed by atoms with Gasteiger partial charge in [-0.3, -0.25) is 15.1 Å². The Balaban J connectivity index is 1.86. The zero-order chi connectivity index (χ0) is 17.8. The second kappa shape index (κ2) is 7.34. The Morgan fingerprint density at radius 2 is 2.08 bits per heavy atom. The van der Waals surface area contributed by atoms with Gasteiger partial charge in [0.05, 0.1) is 24.3 Å². The minimum Gasteiger partial charge on any atom is -0.494 e. The lowest BCUT2D eigenvalue weighted by molar-refractivity contribution is -0.402. The van der Waals surface area contributed by atoms with Crippen LogP contribution in [0.3, 0.4) is 0 Å². The summed E-state index contributed by atoms with van der Waals surface area (Å²) in [5.74, 6) is 0.922. The lowest BCUT2D eigenvalue weighted by Gasteiger charge is -2.10. The molecule has 0 radical (unpaired) electrons. The molecule has 6 heteroatoms. The molecule has 130 valence electrons. The van der Waals surface area contributed by atoms with Crippen LogP contribution in [0.4, 0.5) is 5.88 Å². The SMILES string of the molecule is CCCCOc1ccc2cnc(C(C)c3ccc([N+](=O)[O-])o3)cc2c1. The zero-order valence-electron chi connectivity index (χ0n) is 14.3. The Bertz CT molecular complexity index is 888. The first-order valence-electron chi connectivity index (χ1n) is 8.35. The molecule has 1 atom stereocenters. The van der Waals surface area contributed by atoms with Crippen molar-refractivity contribution >= 4 is 16.7 Å². The average molecular weight is 340 g/mol. The molecule has 0 fully saturated rings. The van der Waals surface area contributed by atoms with Crippen LogP contribution in [0.2, 0.25) is 0 Å². The van der Waals surface area contributed by atoms with Crippen molar-refractivity contribution in [3.05, 3.63) is 64.2 Å². The number of hydrogen-bond acceptors (Lipinski definition) is 5. The van der Waals surface area contributed by atoms with Crippen LogP contribution in [0.1, 0.15) is 44.1 Å². The van der Waals surface area contributed by atoms with E-state index < -0.39 is 4.92 Å². The number of ether oxygens (including phenoxy) is 1. The molecule has 1 unspecified atom stereocenters. The molecular weight excluding hydrogens is 320 g/mol. The highest BCUT2D eigenvalue weighted by Crippen LogP contribution is 2.30. The summed E-state index contributed by atoms with van der Waals surface area (Å²) in [5.41, 5.74) is 0.794. The van der Waals surface area contributed by atoms with Gasteiger partial charge in [-0.2, -0.15) is 0 Å². The molecule has 0 saturated carbocycles. The Hall–Kier alpha value is -2.89. The molecule has 3 aromatic rings. The van der Waals surface area contributed by atoms with E-state index in [1.165, 1.54) is 6.07 Å². The molecular formula is C19H20N2O4. The maximum absolute atomic E-state index is 10.8. The number of furan rings is 1. The van der Waals surface area contributed by atoms with Gasteiger partial charge in [0.1, 0.15) is 16.4 Å². The van der Waals surface area contributed by atoms with Crippen molar-refractivity contribution in [3.8, 4) is 5.75 Å². The number of unbranched alkanes of at least 4 members (excludes halogenated alkanes) is 1. The van der Waals surface area contributed by atoms with Gasteiger partial charge in [0.15, 0.2) is 0 Å². The summed E-state index contributed by atoms with van der Waals surface area (Å²) < 4.78 is 11.1. The molecule has 0 aliphatic carbocycles. The van der Waals surface area contributed by atoms with Gasteiger partial charge >= 0.3 is 5.88 Å². The van der Waals surface area contributed by atoms with Crippen molar-refractivity contribution in [2.75, 3.05) is 6.61 Å². The van der Waals surface area contributed by atoms with E-state index in [4.69, 9.17) is 9.15 Å². The summed E-state index contributed by atoms with van der Waals surface area (Å²) in [6.07, 6.45) is 3.91. The van der Waals surface area contributed by atoms with E-state index in [9.17, 15) is 10.1 Å². The Morgan fingerprint density at radius 3 is 2.80 bits per heavy atom. The first kappa shape index (κ1) is 17.0. The maximum Gasteiger partial charge on any atom is 0.433 e. The van der Waals surface area contributed by atoms with E-state index in [-0.39, 0.29) is 11.8 Å². The Kier molecular flexibility index (Phi) is 4.97. The van der Waals surface area contributed by atoms with Crippen LogP contribution in [0.5, 0.6) is 5.75 Å². The topological polar surface area (TPSA) is 78.4 Å². The molecule has 0 aliphatic rings. The molecule has 2 aromatic heterocycles. The highest BCUT2D eigenvalue weighted by molar-refractivity contribution is 5.83. The van der Waals surface area contributed by atoms with Crippen LogP contribution >= 0.6 is 0 Å². The fourth-order valence-corrected chi connectivity index (χ4v) is 2.62. The molecule has 3 rings (SSSR count). The fourth-order valence-electron chi connectivity index (χ4n) is 2.62. The molecule has 1 aromatic carbocycles. The molecule has 0 bridgehead atoms. The molecule has 0 amide bonds. The van der Waals surface area contributed by atoms with Crippen LogP contribution in [0, 0.1) is 10.1 Å². The van der Waals surface area contributed by atoms with E-state index >= 15 is 0 Å². The van der Waals surface area contributed by atoms with E-state index in [0.29, 0.717) is 12.4 Å². The van der Waals surface area contributed by atoms with Crippen LogP contribution in [0.15, 0.2) is 47.0 Å². The van der Waals surface area contributed by atoms with Crippen LogP contribution in [-0.2, 0) is 0 Å². The predicted octanol–water partition coefficient (Wildman–Crippen LogP) is 5.07. The molecule has 0 aliphatic heterocycles. The monoisotopic (exact) mass is 340 g/mol. The van der Waals surface area contributed by atoms with Crippen molar-refractivity contribution in [2.45, 2.75) is 32.6 Å². The van der Waals surface area contributed by atoms with E-state index in [1.54, 1.807) is 12.3 Å². The smallest absolute Gasteiger partial charge is 0.433 e. The summed E-state index contributed by atoms with van der Waals surface area (Å²) in [6, 6.07) is 10.9. The third-order valence-corrected chi connectivity index (χ3v) is 4.14. The highest BCUT2D eigenvalue weighted by Gasteiger charge is 2.19. The van der Waals surface area contributed by atoms with E-state index in [1.807, 2.05) is 31.2 Å². The van der Waals surface area contributed by atoms with Crippen molar-refractivity contribution in [2.24, 2.45) is 0 Å². The number of fused-ring (bicyclic) bond motifs is 1. The van der Waals surface area contributed by atoms with Gasteiger partial charge in [0.25, 0.3) is 0 Å². The third kappa shape index (κ3) is 3.79. The second-order valence-electron chi connectivity index (χ2n) is 5.97. The third-order valence-electron chi connectivity index (χ3n) is 4.14. The van der Waals surface area contributed by atoms with Gasteiger partial charge in [-0.25, -0.2) is 0 Å². The molecule has 0 saturated heterocycles. The average Bonchev–Trinajstić information content (AvgIpc) is 3.11. The Morgan fingerprint density at radius 1 is 1.24 bits per heavy atom. The van der Waals surface area contributed by atoms with Gasteiger partial charge in [-0.05, 0) is 49.1 Å². The molecule has 0 spiro atoms. The van der Waals surface area contributed by atoms with Crippen molar-refractivity contribution in [1.82, 2.24) is 4.98 Å². The number of nitrogens with zero attached hydrogens (tertiary/aromatic N) is 2. The van der Waals surface area contributed by atoms with Crippen molar-refractivity contribution in [1.29, 1.82) is 0 Å². The first-order chi connectivity index (χ1) is 12.1. The summed E-state index contributed by atoms with van der Waals surface area (Å²) in [6.45, 7) is 4.74. The number of hydrogen-bond donors (Lipinski definition) is 0. The number of pyridine rings is 1. The standard InChI is InChI=1S/C19H20N2O4/c1-3-4-9-24-16-6-5-14-12-20-17(11-15(14)10-16)13(2)18-7-8-19(25-18)21(22)23/h5-8,10-13H,3-4,9H2,1-2H3. The lowest BCUT2D eigenvalue weighted by atomic mass is 10.0. The lowest BCUT2D eigenvalue weighted by Crippen LogP contribution is -1.99. The normalized spacial score (nSPS) is 12.2. The fraction of sp³-hybridized carbons (Fsp3) is 0.316. The minimum absolute atomic E-state index is 0.178. The highest BCUT2D eigenvalue weighted by atomic mass is 16.6. The Labute approximate surface area is 145 Å². The van der Waals surface area contributed by atoms with Crippen LogP contribution in [0.25, 0.3) is 10.8 Å². The summed E-state index contributed by atoms with van der Waals surface area (Å²) in [5, 5.41) is 12.8. The number of benzene rings is 1. The van der Waals surface area contributed by atoms with Gasteiger partial charge in [-0.15, -0.1) is 0 Å². The molecule has 25 heavy (non-hydrogen) atoms. The zero-order valence-corrected chi connectivity index (χ0v) is 14.3. The predicted molar refractivity (Wildman–Crippen MR) is 95.0 cm³/mol. The van der Waals surface area contributed by atoms with Gasteiger partial charge < -0.3 is 9.15 Å². The molecule has 0 N–H and O–H groups in total. The van der Waals surface area contributed by atoms with Crippen molar-refractivity contribution < 1.29 is 14.1 Å². The van der Waals surface area contributed by atoms with Gasteiger partial charge in [-0.1, -0.05) is 13.3 Å². The van der Waals surface area contributed by atoms with E-state index in [0.717, 1.165) is 35.1 Å². The quantitative estimate of drug-likeness (QED) is 0.341. The summed E-state index contributed by atoms with van der Waals surface area (Å²) in [4.78, 5) is 14.7. The minimum atomic E-state index is -0.538. The van der Waals surface area contributed by atoms with Gasteiger partial charge in [0, 0.05) is 11.6 Å². The van der Waals surface area contributed by atoms with Crippen LogP contribution in [-0.4, -0.2) is 16.5 Å². The number of aromatic nitrogens is 1. The van der Waals surface area contributed by atoms with E-state index in [2.05, 4.69) is 11.9 Å². The van der Waals surface area contributed by atoms with Crippen LogP contribution < -0.4 is 4.74 Å². The summed E-state index contributed by atoms with van der Waals surface area (Å²) >= 11 is 0. The first-order valence-corrected chi connectivity index (χ1v) is 8.35. The number of nitro groups is 1.